The van der Waals surface area contributed by atoms with Crippen molar-refractivity contribution >= 4 is 26.0 Å². The number of rotatable bonds is 4. The number of nitrogens with one attached hydrogen (secondary N) is 1. The highest BCUT2D eigenvalue weighted by Gasteiger charge is 2.20. The molecule has 5 heteroatoms. The van der Waals surface area contributed by atoms with E-state index in [2.05, 4.69) is 20.7 Å². The summed E-state index contributed by atoms with van der Waals surface area (Å²) in [5.41, 5.74) is 1.08. The number of alkyl halides is 1. The second-order valence-electron chi connectivity index (χ2n) is 5.09. The van der Waals surface area contributed by atoms with E-state index < -0.39 is 10.0 Å². The van der Waals surface area contributed by atoms with Gasteiger partial charge in [-0.1, -0.05) is 53.7 Å². The van der Waals surface area contributed by atoms with E-state index in [0.29, 0.717) is 4.90 Å². The van der Waals surface area contributed by atoms with Gasteiger partial charge in [0, 0.05) is 11.4 Å². The molecule has 2 rings (SSSR count). The summed E-state index contributed by atoms with van der Waals surface area (Å²) in [6, 6.07) is 7.14. The Bertz CT molecular complexity index is 491. The molecule has 1 saturated carbocycles. The molecule has 0 bridgehead atoms. The maximum absolute atomic E-state index is 12.3. The molecule has 106 valence electrons. The summed E-state index contributed by atoms with van der Waals surface area (Å²) in [4.78, 5) is 0.362. The van der Waals surface area contributed by atoms with Crippen LogP contribution in [0.2, 0.25) is 0 Å². The van der Waals surface area contributed by atoms with E-state index in [0.717, 1.165) is 36.6 Å². The molecule has 0 aromatic heterocycles. The van der Waals surface area contributed by atoms with Crippen LogP contribution < -0.4 is 4.72 Å². The zero-order valence-electron chi connectivity index (χ0n) is 10.9. The van der Waals surface area contributed by atoms with Gasteiger partial charge in [0.25, 0.3) is 0 Å². The van der Waals surface area contributed by atoms with Gasteiger partial charge in [0.05, 0.1) is 4.90 Å². The zero-order chi connectivity index (χ0) is 13.7. The zero-order valence-corrected chi connectivity index (χ0v) is 13.3. The van der Waals surface area contributed by atoms with E-state index in [9.17, 15) is 8.42 Å². The highest BCUT2D eigenvalue weighted by molar-refractivity contribution is 9.08. The minimum atomic E-state index is -3.37. The predicted molar refractivity (Wildman–Crippen MR) is 80.9 cm³/mol. The normalized spacial score (nSPS) is 18.2. The molecule has 0 spiro atoms. The Kier molecular flexibility index (Phi) is 5.42. The third kappa shape index (κ3) is 4.29. The maximum atomic E-state index is 12.3. The molecule has 0 saturated heterocycles. The summed E-state index contributed by atoms with van der Waals surface area (Å²) >= 11 is 3.36. The molecule has 1 aliphatic rings. The van der Waals surface area contributed by atoms with Crippen molar-refractivity contribution in [1.82, 2.24) is 4.72 Å². The van der Waals surface area contributed by atoms with Crippen LogP contribution >= 0.6 is 15.9 Å². The molecule has 3 nitrogen and oxygen atoms in total. The molecule has 1 aromatic carbocycles. The summed E-state index contributed by atoms with van der Waals surface area (Å²) in [5.74, 6) is 0. The van der Waals surface area contributed by atoms with Crippen LogP contribution in [0, 0.1) is 0 Å². The van der Waals surface area contributed by atoms with Crippen LogP contribution in [0.3, 0.4) is 0 Å². The lowest BCUT2D eigenvalue weighted by Gasteiger charge is -2.16. The van der Waals surface area contributed by atoms with Crippen LogP contribution in [-0.4, -0.2) is 14.5 Å². The van der Waals surface area contributed by atoms with Gasteiger partial charge in [-0.2, -0.15) is 0 Å². The van der Waals surface area contributed by atoms with Gasteiger partial charge < -0.3 is 0 Å². The van der Waals surface area contributed by atoms with Crippen molar-refractivity contribution in [3.05, 3.63) is 29.8 Å². The third-order valence-corrected chi connectivity index (χ3v) is 5.75. The first-order valence-corrected chi connectivity index (χ1v) is 9.39. The van der Waals surface area contributed by atoms with Gasteiger partial charge in [-0.3, -0.25) is 0 Å². The fourth-order valence-electron chi connectivity index (χ4n) is 2.44. The van der Waals surface area contributed by atoms with E-state index >= 15 is 0 Å². The Morgan fingerprint density at radius 2 is 1.63 bits per heavy atom. The van der Waals surface area contributed by atoms with E-state index in [1.165, 1.54) is 12.8 Å². The van der Waals surface area contributed by atoms with Crippen molar-refractivity contribution in [3.8, 4) is 0 Å². The molecule has 0 radical (unpaired) electrons. The fourth-order valence-corrected chi connectivity index (χ4v) is 4.12. The Balaban J connectivity index is 2.07. The van der Waals surface area contributed by atoms with Gasteiger partial charge in [-0.05, 0) is 30.5 Å². The second-order valence-corrected chi connectivity index (χ2v) is 7.36. The van der Waals surface area contributed by atoms with Crippen molar-refractivity contribution in [2.45, 2.75) is 54.8 Å². The van der Waals surface area contributed by atoms with Gasteiger partial charge in [0.1, 0.15) is 0 Å². The smallest absolute Gasteiger partial charge is 0.208 e. The number of sulfonamides is 1. The molecule has 1 N–H and O–H groups in total. The largest absolute Gasteiger partial charge is 0.240 e. The highest BCUT2D eigenvalue weighted by Crippen LogP contribution is 2.20. The summed E-state index contributed by atoms with van der Waals surface area (Å²) in [5, 5.41) is 0.739. The minimum absolute atomic E-state index is 0.100. The van der Waals surface area contributed by atoms with Crippen molar-refractivity contribution in [1.29, 1.82) is 0 Å². The molecular formula is C14H20BrNO2S. The van der Waals surface area contributed by atoms with Crippen LogP contribution in [-0.2, 0) is 15.4 Å². The Labute approximate surface area is 124 Å². The molecule has 0 unspecified atom stereocenters. The van der Waals surface area contributed by atoms with E-state index in [1.54, 1.807) is 12.1 Å². The Hall–Kier alpha value is -0.390. The highest BCUT2D eigenvalue weighted by atomic mass is 79.9. The molecule has 1 aliphatic carbocycles. The lowest BCUT2D eigenvalue weighted by Crippen LogP contribution is -2.34. The van der Waals surface area contributed by atoms with Crippen molar-refractivity contribution < 1.29 is 8.42 Å². The van der Waals surface area contributed by atoms with Crippen LogP contribution in [0.4, 0.5) is 0 Å². The first kappa shape index (κ1) is 15.0. The molecule has 1 aromatic rings. The lowest BCUT2D eigenvalue weighted by atomic mass is 10.1. The Morgan fingerprint density at radius 3 is 2.16 bits per heavy atom. The van der Waals surface area contributed by atoms with Gasteiger partial charge in [0.2, 0.25) is 10.0 Å². The lowest BCUT2D eigenvalue weighted by molar-refractivity contribution is 0.510. The first-order chi connectivity index (χ1) is 9.12. The minimum Gasteiger partial charge on any atom is -0.208 e. The molecule has 0 aliphatic heterocycles. The monoisotopic (exact) mass is 345 g/mol. The average Bonchev–Trinajstić information content (AvgIpc) is 2.67. The van der Waals surface area contributed by atoms with E-state index in [-0.39, 0.29) is 6.04 Å². The molecule has 19 heavy (non-hydrogen) atoms. The number of hydrogen-bond donors (Lipinski definition) is 1. The van der Waals surface area contributed by atoms with Gasteiger partial charge in [-0.25, -0.2) is 13.1 Å². The van der Waals surface area contributed by atoms with Gasteiger partial charge in [0.15, 0.2) is 0 Å². The number of hydrogen-bond acceptors (Lipinski definition) is 2. The van der Waals surface area contributed by atoms with Crippen molar-refractivity contribution in [2.75, 3.05) is 0 Å². The summed E-state index contributed by atoms with van der Waals surface area (Å²) in [6.45, 7) is 0. The maximum Gasteiger partial charge on any atom is 0.240 e. The molecular weight excluding hydrogens is 326 g/mol. The second kappa shape index (κ2) is 6.86. The average molecular weight is 346 g/mol. The van der Waals surface area contributed by atoms with Crippen LogP contribution in [0.1, 0.15) is 44.1 Å². The van der Waals surface area contributed by atoms with E-state index in [1.807, 2.05) is 12.1 Å². The van der Waals surface area contributed by atoms with Crippen molar-refractivity contribution in [3.63, 3.8) is 0 Å². The third-order valence-electron chi connectivity index (χ3n) is 3.56. The molecule has 0 heterocycles. The summed E-state index contributed by atoms with van der Waals surface area (Å²) in [6.07, 6.45) is 6.60. The number of benzene rings is 1. The first-order valence-electron chi connectivity index (χ1n) is 6.79. The summed E-state index contributed by atoms with van der Waals surface area (Å²) in [7, 11) is -3.37. The quantitative estimate of drug-likeness (QED) is 0.669. The Morgan fingerprint density at radius 1 is 1.05 bits per heavy atom. The van der Waals surface area contributed by atoms with Gasteiger partial charge in [-0.15, -0.1) is 0 Å². The van der Waals surface area contributed by atoms with E-state index in [4.69, 9.17) is 0 Å². The standard InChI is InChI=1S/C14H20BrNO2S/c15-11-12-7-9-14(10-8-12)19(17,18)16-13-5-3-1-2-4-6-13/h7-10,13,16H,1-6,11H2. The number of halogens is 1. The van der Waals surface area contributed by atoms with Gasteiger partial charge >= 0.3 is 0 Å². The fraction of sp³-hybridized carbons (Fsp3) is 0.571. The van der Waals surface area contributed by atoms with Crippen molar-refractivity contribution in [2.24, 2.45) is 0 Å². The topological polar surface area (TPSA) is 46.2 Å². The SMILES string of the molecule is O=S(=O)(NC1CCCCCC1)c1ccc(CBr)cc1. The molecule has 0 amide bonds. The van der Waals surface area contributed by atoms with Crippen LogP contribution in [0.15, 0.2) is 29.2 Å². The van der Waals surface area contributed by atoms with Crippen LogP contribution in [0.25, 0.3) is 0 Å². The predicted octanol–water partition coefficient (Wildman–Crippen LogP) is 3.58. The molecule has 0 atom stereocenters. The molecule has 1 fully saturated rings. The summed E-state index contributed by atoms with van der Waals surface area (Å²) < 4.78 is 27.4. The van der Waals surface area contributed by atoms with Crippen LogP contribution in [0.5, 0.6) is 0 Å².